The molecule has 1 aromatic heterocycles. The van der Waals surface area contributed by atoms with E-state index in [9.17, 15) is 4.79 Å². The minimum Gasteiger partial charge on any atom is -0.495 e. The second-order valence-electron chi connectivity index (χ2n) is 7.13. The van der Waals surface area contributed by atoms with Crippen LogP contribution < -0.4 is 15.4 Å². The van der Waals surface area contributed by atoms with Gasteiger partial charge < -0.3 is 20.1 Å². The molecule has 0 radical (unpaired) electrons. The van der Waals surface area contributed by atoms with Crippen LogP contribution in [0.2, 0.25) is 0 Å². The second kappa shape index (κ2) is 10.1. The van der Waals surface area contributed by atoms with E-state index in [-0.39, 0.29) is 5.97 Å². The minimum absolute atomic E-state index is 0.274. The Balaban J connectivity index is 1.87. The first kappa shape index (κ1) is 21.6. The molecule has 0 amide bonds. The highest BCUT2D eigenvalue weighted by Crippen LogP contribution is 2.38. The number of carbonyl (C=O) groups is 1. The van der Waals surface area contributed by atoms with Gasteiger partial charge in [-0.05, 0) is 75.0 Å². The molecule has 0 fully saturated rings. The summed E-state index contributed by atoms with van der Waals surface area (Å²) >= 11 is 7.17. The van der Waals surface area contributed by atoms with Crippen molar-refractivity contribution in [3.8, 4) is 5.75 Å². The zero-order chi connectivity index (χ0) is 20.8. The van der Waals surface area contributed by atoms with Gasteiger partial charge in [0.05, 0.1) is 25.0 Å². The molecule has 3 rings (SSSR count). The van der Waals surface area contributed by atoms with E-state index in [1.165, 1.54) is 17.7 Å². The number of hydrogen-bond acceptors (Lipinski definition) is 5. The van der Waals surface area contributed by atoms with Crippen LogP contribution in [0.3, 0.4) is 0 Å². The van der Waals surface area contributed by atoms with Gasteiger partial charge in [-0.15, -0.1) is 11.3 Å². The summed E-state index contributed by atoms with van der Waals surface area (Å²) in [6, 6.07) is 5.87. The van der Waals surface area contributed by atoms with Gasteiger partial charge in [0.25, 0.3) is 0 Å². The Kier molecular flexibility index (Phi) is 7.50. The molecule has 7 heteroatoms. The zero-order valence-electron chi connectivity index (χ0n) is 17.2. The van der Waals surface area contributed by atoms with Crippen molar-refractivity contribution in [1.29, 1.82) is 0 Å². The summed E-state index contributed by atoms with van der Waals surface area (Å²) in [4.78, 5) is 14.0. The minimum atomic E-state index is -0.274. The number of rotatable bonds is 5. The van der Waals surface area contributed by atoms with Crippen molar-refractivity contribution in [2.75, 3.05) is 24.4 Å². The van der Waals surface area contributed by atoms with Crippen molar-refractivity contribution in [3.63, 3.8) is 0 Å². The fourth-order valence-corrected chi connectivity index (χ4v) is 5.16. The predicted octanol–water partition coefficient (Wildman–Crippen LogP) is 5.71. The summed E-state index contributed by atoms with van der Waals surface area (Å²) in [5, 5.41) is 7.64. The molecular formula is C22H28N2O3S2. The molecule has 2 aromatic rings. The maximum Gasteiger partial charge on any atom is 0.341 e. The molecule has 29 heavy (non-hydrogen) atoms. The van der Waals surface area contributed by atoms with Crippen LogP contribution in [-0.4, -0.2) is 24.8 Å². The molecule has 1 aromatic carbocycles. The number of methoxy groups -OCH3 is 1. The van der Waals surface area contributed by atoms with Crippen LogP contribution in [0.25, 0.3) is 0 Å². The van der Waals surface area contributed by atoms with Crippen molar-refractivity contribution >= 4 is 45.3 Å². The topological polar surface area (TPSA) is 59.6 Å². The van der Waals surface area contributed by atoms with Gasteiger partial charge in [-0.2, -0.15) is 0 Å². The van der Waals surface area contributed by atoms with E-state index in [0.717, 1.165) is 47.5 Å². The Morgan fingerprint density at radius 3 is 2.66 bits per heavy atom. The van der Waals surface area contributed by atoms with Gasteiger partial charge in [0, 0.05) is 4.88 Å². The Morgan fingerprint density at radius 1 is 1.17 bits per heavy atom. The van der Waals surface area contributed by atoms with E-state index < -0.39 is 0 Å². The fourth-order valence-electron chi connectivity index (χ4n) is 3.60. The number of fused-ring (bicyclic) bond motifs is 1. The largest absolute Gasteiger partial charge is 0.495 e. The molecule has 0 saturated carbocycles. The van der Waals surface area contributed by atoms with E-state index >= 15 is 0 Å². The second-order valence-corrected chi connectivity index (χ2v) is 8.64. The lowest BCUT2D eigenvalue weighted by Gasteiger charge is -2.14. The van der Waals surface area contributed by atoms with Crippen LogP contribution in [0.4, 0.5) is 10.7 Å². The number of ether oxygens (including phenoxy) is 2. The molecule has 2 N–H and O–H groups in total. The van der Waals surface area contributed by atoms with Gasteiger partial charge in [0.1, 0.15) is 10.8 Å². The van der Waals surface area contributed by atoms with Gasteiger partial charge in [-0.25, -0.2) is 4.79 Å². The average molecular weight is 433 g/mol. The van der Waals surface area contributed by atoms with Crippen LogP contribution in [0.5, 0.6) is 5.75 Å². The highest BCUT2D eigenvalue weighted by molar-refractivity contribution is 7.80. The first-order valence-corrected chi connectivity index (χ1v) is 11.3. The summed E-state index contributed by atoms with van der Waals surface area (Å²) in [6.07, 6.45) is 6.60. The van der Waals surface area contributed by atoms with Crippen LogP contribution in [-0.2, 0) is 17.6 Å². The quantitative estimate of drug-likeness (QED) is 0.466. The van der Waals surface area contributed by atoms with Crippen molar-refractivity contribution in [1.82, 2.24) is 0 Å². The normalized spacial score (nSPS) is 13.6. The third-order valence-corrected chi connectivity index (χ3v) is 6.39. The first-order chi connectivity index (χ1) is 14.0. The van der Waals surface area contributed by atoms with Crippen molar-refractivity contribution < 1.29 is 14.3 Å². The molecule has 5 nitrogen and oxygen atoms in total. The monoisotopic (exact) mass is 432 g/mol. The standard InChI is InChI=1S/C22H28N2O3S2/c1-4-27-21(25)19-15-9-7-5-6-8-10-18(15)29-20(19)24-22(28)23-16-13-14(2)11-12-17(16)26-3/h11-13H,4-10H2,1-3H3,(H2,23,24,28). The predicted molar refractivity (Wildman–Crippen MR) is 124 cm³/mol. The molecule has 0 spiro atoms. The van der Waals surface area contributed by atoms with E-state index in [1.807, 2.05) is 32.0 Å². The van der Waals surface area contributed by atoms with Crippen LogP contribution in [0.1, 0.15) is 59.0 Å². The highest BCUT2D eigenvalue weighted by Gasteiger charge is 2.25. The lowest BCUT2D eigenvalue weighted by molar-refractivity contribution is 0.0526. The molecule has 0 bridgehead atoms. The number of hydrogen-bond donors (Lipinski definition) is 2. The van der Waals surface area contributed by atoms with Crippen molar-refractivity contribution in [2.45, 2.75) is 52.4 Å². The van der Waals surface area contributed by atoms with Crippen LogP contribution >= 0.6 is 23.6 Å². The number of thiocarbonyl (C=S) groups is 1. The van der Waals surface area contributed by atoms with E-state index in [4.69, 9.17) is 21.7 Å². The summed E-state index contributed by atoms with van der Waals surface area (Å²) in [5.74, 6) is 0.438. The molecule has 0 atom stereocenters. The molecule has 156 valence electrons. The van der Waals surface area contributed by atoms with E-state index in [1.54, 1.807) is 18.4 Å². The third-order valence-electron chi connectivity index (χ3n) is 4.98. The van der Waals surface area contributed by atoms with Crippen LogP contribution in [0, 0.1) is 6.92 Å². The summed E-state index contributed by atoms with van der Waals surface area (Å²) in [7, 11) is 1.63. The smallest absolute Gasteiger partial charge is 0.341 e. The molecular weight excluding hydrogens is 404 g/mol. The lowest BCUT2D eigenvalue weighted by Crippen LogP contribution is -2.21. The zero-order valence-corrected chi connectivity index (χ0v) is 18.9. The summed E-state index contributed by atoms with van der Waals surface area (Å²) < 4.78 is 10.8. The first-order valence-electron chi connectivity index (χ1n) is 10.1. The molecule has 0 aliphatic heterocycles. The van der Waals surface area contributed by atoms with Gasteiger partial charge >= 0.3 is 5.97 Å². The number of thiophene rings is 1. The Labute approximate surface area is 181 Å². The number of benzene rings is 1. The highest BCUT2D eigenvalue weighted by atomic mass is 32.1. The summed E-state index contributed by atoms with van der Waals surface area (Å²) in [5.41, 5.74) is 3.67. The van der Waals surface area contributed by atoms with E-state index in [0.29, 0.717) is 23.0 Å². The number of anilines is 2. The number of carbonyl (C=O) groups excluding carboxylic acids is 1. The molecule has 1 aliphatic rings. The summed E-state index contributed by atoms with van der Waals surface area (Å²) in [6.45, 7) is 4.20. The Hall–Kier alpha value is -2.12. The number of aryl methyl sites for hydroxylation is 2. The molecule has 1 heterocycles. The fraction of sp³-hybridized carbons (Fsp3) is 0.455. The van der Waals surface area contributed by atoms with Gasteiger partial charge in [0.15, 0.2) is 5.11 Å². The van der Waals surface area contributed by atoms with Crippen molar-refractivity contribution in [3.05, 3.63) is 39.8 Å². The SMILES string of the molecule is CCOC(=O)c1c(NC(=S)Nc2cc(C)ccc2OC)sc2c1CCCCCC2. The molecule has 0 unspecified atom stereocenters. The number of esters is 1. The Bertz CT molecular complexity index is 892. The van der Waals surface area contributed by atoms with Crippen molar-refractivity contribution in [2.24, 2.45) is 0 Å². The van der Waals surface area contributed by atoms with Crippen LogP contribution in [0.15, 0.2) is 18.2 Å². The third kappa shape index (κ3) is 5.28. The Morgan fingerprint density at radius 2 is 1.93 bits per heavy atom. The maximum absolute atomic E-state index is 12.7. The van der Waals surface area contributed by atoms with Gasteiger partial charge in [-0.1, -0.05) is 18.9 Å². The molecule has 0 saturated heterocycles. The van der Waals surface area contributed by atoms with Gasteiger partial charge in [-0.3, -0.25) is 0 Å². The lowest BCUT2D eigenvalue weighted by atomic mass is 9.96. The molecule has 1 aliphatic carbocycles. The maximum atomic E-state index is 12.7. The van der Waals surface area contributed by atoms with E-state index in [2.05, 4.69) is 10.6 Å². The average Bonchev–Trinajstić information content (AvgIpc) is 2.98. The van der Waals surface area contributed by atoms with Gasteiger partial charge in [0.2, 0.25) is 0 Å². The number of nitrogens with one attached hydrogen (secondary N) is 2.